The highest BCUT2D eigenvalue weighted by Crippen LogP contribution is 2.38. The smallest absolute Gasteiger partial charge is 0.236 e. The first-order valence-corrected chi connectivity index (χ1v) is 10.7. The highest BCUT2D eigenvalue weighted by molar-refractivity contribution is 5.95. The zero-order chi connectivity index (χ0) is 20.2. The van der Waals surface area contributed by atoms with E-state index in [9.17, 15) is 4.79 Å². The van der Waals surface area contributed by atoms with Gasteiger partial charge in [-0.1, -0.05) is 80.1 Å². The van der Waals surface area contributed by atoms with Crippen molar-refractivity contribution in [1.82, 2.24) is 10.2 Å². The molecule has 2 aliphatic rings. The summed E-state index contributed by atoms with van der Waals surface area (Å²) in [5, 5.41) is 3.28. The second-order valence-electron chi connectivity index (χ2n) is 8.39. The molecule has 0 atom stereocenters. The van der Waals surface area contributed by atoms with E-state index >= 15 is 0 Å². The van der Waals surface area contributed by atoms with Gasteiger partial charge in [0.1, 0.15) is 0 Å². The lowest BCUT2D eigenvalue weighted by molar-refractivity contribution is -0.130. The van der Waals surface area contributed by atoms with Crippen LogP contribution in [0.15, 0.2) is 54.1 Å². The van der Waals surface area contributed by atoms with Gasteiger partial charge in [-0.05, 0) is 53.1 Å². The standard InChI is InChI=1S/C26H30N2O.ClH/c1-19(2)17-27-18-25(29)28-15-13-22(14-16-28)26-23-9-5-3-7-20(23)11-12-21-8-4-6-10-24(21)26;/h3-12,19,27H,13-18H2,1-2H3;1H. The number of halogens is 1. The van der Waals surface area contributed by atoms with Gasteiger partial charge in [0.05, 0.1) is 6.54 Å². The Balaban J connectivity index is 0.00000256. The molecule has 1 heterocycles. The van der Waals surface area contributed by atoms with Crippen LogP contribution in [0.2, 0.25) is 0 Å². The summed E-state index contributed by atoms with van der Waals surface area (Å²) in [5.74, 6) is 0.780. The van der Waals surface area contributed by atoms with Gasteiger partial charge in [-0.2, -0.15) is 0 Å². The molecule has 1 fully saturated rings. The van der Waals surface area contributed by atoms with Crippen LogP contribution in [0.1, 0.15) is 48.9 Å². The average molecular weight is 423 g/mol. The molecule has 1 amide bonds. The fourth-order valence-electron chi connectivity index (χ4n) is 4.30. The van der Waals surface area contributed by atoms with Crippen LogP contribution in [0.4, 0.5) is 0 Å². The lowest BCUT2D eigenvalue weighted by Crippen LogP contribution is -2.42. The fourth-order valence-corrected chi connectivity index (χ4v) is 4.30. The van der Waals surface area contributed by atoms with Crippen molar-refractivity contribution in [2.45, 2.75) is 26.7 Å². The molecule has 0 radical (unpaired) electrons. The normalized spacial score (nSPS) is 15.4. The average Bonchev–Trinajstić information content (AvgIpc) is 2.90. The SMILES string of the molecule is CC(C)CNCC(=O)N1CCC(=C2c3ccccc3C=Cc3ccccc32)CC1.Cl. The molecule has 4 rings (SSSR count). The fraction of sp³-hybridized carbons (Fsp3) is 0.346. The van der Waals surface area contributed by atoms with Gasteiger partial charge in [-0.15, -0.1) is 12.4 Å². The molecule has 1 N–H and O–H groups in total. The molecule has 1 saturated heterocycles. The van der Waals surface area contributed by atoms with Crippen molar-refractivity contribution < 1.29 is 4.79 Å². The largest absolute Gasteiger partial charge is 0.341 e. The number of carbonyl (C=O) groups excluding carboxylic acids is 1. The lowest BCUT2D eigenvalue weighted by Gasteiger charge is -2.31. The number of carbonyl (C=O) groups is 1. The third-order valence-corrected chi connectivity index (χ3v) is 5.80. The number of likely N-dealkylation sites (tertiary alicyclic amines) is 1. The summed E-state index contributed by atoms with van der Waals surface area (Å²) in [5.41, 5.74) is 7.98. The van der Waals surface area contributed by atoms with E-state index in [0.717, 1.165) is 32.5 Å². The Kier molecular flexibility index (Phi) is 7.52. The molecular formula is C26H31ClN2O. The predicted molar refractivity (Wildman–Crippen MR) is 129 cm³/mol. The lowest BCUT2D eigenvalue weighted by atomic mass is 9.86. The van der Waals surface area contributed by atoms with Crippen LogP contribution in [-0.2, 0) is 4.79 Å². The Morgan fingerprint density at radius 2 is 1.47 bits per heavy atom. The topological polar surface area (TPSA) is 32.3 Å². The first-order chi connectivity index (χ1) is 14.1. The molecule has 0 spiro atoms. The molecule has 1 aliphatic carbocycles. The van der Waals surface area contributed by atoms with Crippen LogP contribution in [0, 0.1) is 5.92 Å². The second-order valence-corrected chi connectivity index (χ2v) is 8.39. The van der Waals surface area contributed by atoms with Crippen LogP contribution in [0.3, 0.4) is 0 Å². The molecule has 0 bridgehead atoms. The molecule has 3 nitrogen and oxygen atoms in total. The molecule has 4 heteroatoms. The summed E-state index contributed by atoms with van der Waals surface area (Å²) < 4.78 is 0. The first-order valence-electron chi connectivity index (χ1n) is 10.7. The van der Waals surface area contributed by atoms with Gasteiger partial charge < -0.3 is 10.2 Å². The van der Waals surface area contributed by atoms with E-state index in [4.69, 9.17) is 0 Å². The van der Waals surface area contributed by atoms with E-state index < -0.39 is 0 Å². The minimum absolute atomic E-state index is 0. The maximum absolute atomic E-state index is 12.6. The van der Waals surface area contributed by atoms with Crippen LogP contribution >= 0.6 is 12.4 Å². The Hall–Kier alpha value is -2.36. The third kappa shape index (κ3) is 4.85. The number of fused-ring (bicyclic) bond motifs is 2. The summed E-state index contributed by atoms with van der Waals surface area (Å²) >= 11 is 0. The maximum atomic E-state index is 12.6. The van der Waals surface area contributed by atoms with Crippen LogP contribution in [0.25, 0.3) is 17.7 Å². The van der Waals surface area contributed by atoms with E-state index in [1.807, 2.05) is 4.90 Å². The van der Waals surface area contributed by atoms with Gasteiger partial charge in [-0.25, -0.2) is 0 Å². The van der Waals surface area contributed by atoms with Crippen molar-refractivity contribution >= 4 is 36.0 Å². The van der Waals surface area contributed by atoms with Crippen molar-refractivity contribution in [2.24, 2.45) is 5.92 Å². The molecular weight excluding hydrogens is 392 g/mol. The van der Waals surface area contributed by atoms with E-state index in [1.165, 1.54) is 33.4 Å². The highest BCUT2D eigenvalue weighted by Gasteiger charge is 2.24. The van der Waals surface area contributed by atoms with Crippen LogP contribution < -0.4 is 5.32 Å². The molecule has 158 valence electrons. The van der Waals surface area contributed by atoms with Crippen molar-refractivity contribution in [3.63, 3.8) is 0 Å². The zero-order valence-corrected chi connectivity index (χ0v) is 18.7. The first kappa shape index (κ1) is 22.3. The number of nitrogens with zero attached hydrogens (tertiary/aromatic N) is 1. The monoisotopic (exact) mass is 422 g/mol. The van der Waals surface area contributed by atoms with Gasteiger partial charge in [-0.3, -0.25) is 4.79 Å². The van der Waals surface area contributed by atoms with Gasteiger partial charge in [0.25, 0.3) is 0 Å². The summed E-state index contributed by atoms with van der Waals surface area (Å²) in [6, 6.07) is 17.3. The summed E-state index contributed by atoms with van der Waals surface area (Å²) in [7, 11) is 0. The van der Waals surface area contributed by atoms with E-state index in [1.54, 1.807) is 0 Å². The van der Waals surface area contributed by atoms with E-state index in [-0.39, 0.29) is 18.3 Å². The molecule has 0 saturated carbocycles. The molecule has 2 aromatic rings. The second kappa shape index (κ2) is 10.1. The van der Waals surface area contributed by atoms with Crippen molar-refractivity contribution in [1.29, 1.82) is 0 Å². The number of rotatable bonds is 4. The van der Waals surface area contributed by atoms with Crippen molar-refractivity contribution in [2.75, 3.05) is 26.2 Å². The van der Waals surface area contributed by atoms with E-state index in [0.29, 0.717) is 12.5 Å². The van der Waals surface area contributed by atoms with Gasteiger partial charge in [0, 0.05) is 13.1 Å². The number of amides is 1. The Bertz CT molecular complexity index is 900. The number of benzene rings is 2. The zero-order valence-electron chi connectivity index (χ0n) is 17.9. The van der Waals surface area contributed by atoms with Gasteiger partial charge >= 0.3 is 0 Å². The number of hydrogen-bond donors (Lipinski definition) is 1. The summed E-state index contributed by atoms with van der Waals surface area (Å²) in [6.45, 7) is 7.26. The number of hydrogen-bond acceptors (Lipinski definition) is 2. The van der Waals surface area contributed by atoms with E-state index in [2.05, 4.69) is 79.8 Å². The van der Waals surface area contributed by atoms with Gasteiger partial charge in [0.15, 0.2) is 0 Å². The maximum Gasteiger partial charge on any atom is 0.236 e. The minimum Gasteiger partial charge on any atom is -0.341 e. The third-order valence-electron chi connectivity index (χ3n) is 5.80. The minimum atomic E-state index is 0. The van der Waals surface area contributed by atoms with Gasteiger partial charge in [0.2, 0.25) is 5.91 Å². The Morgan fingerprint density at radius 1 is 0.933 bits per heavy atom. The quantitative estimate of drug-likeness (QED) is 0.621. The number of piperidine rings is 1. The van der Waals surface area contributed by atoms with Crippen molar-refractivity contribution in [3.05, 3.63) is 76.4 Å². The molecule has 30 heavy (non-hydrogen) atoms. The summed E-state index contributed by atoms with van der Waals surface area (Å²) in [4.78, 5) is 14.6. The Labute approximate surface area is 186 Å². The molecule has 0 unspecified atom stereocenters. The Morgan fingerprint density at radius 3 is 2.00 bits per heavy atom. The predicted octanol–water partition coefficient (Wildman–Crippen LogP) is 5.26. The van der Waals surface area contributed by atoms with Crippen molar-refractivity contribution in [3.8, 4) is 0 Å². The molecule has 2 aromatic carbocycles. The summed E-state index contributed by atoms with van der Waals surface area (Å²) in [6.07, 6.45) is 6.32. The number of nitrogens with one attached hydrogen (secondary N) is 1. The highest BCUT2D eigenvalue weighted by atomic mass is 35.5. The molecule has 1 aliphatic heterocycles. The molecule has 0 aromatic heterocycles. The van der Waals surface area contributed by atoms with Crippen LogP contribution in [0.5, 0.6) is 0 Å². The van der Waals surface area contributed by atoms with Crippen LogP contribution in [-0.4, -0.2) is 37.0 Å².